The molecule has 2 fully saturated rings. The van der Waals surface area contributed by atoms with Crippen molar-refractivity contribution in [1.82, 2.24) is 4.48 Å². The van der Waals surface area contributed by atoms with Gasteiger partial charge in [-0.05, 0) is 30.3 Å². The highest BCUT2D eigenvalue weighted by Crippen LogP contribution is 2.50. The van der Waals surface area contributed by atoms with Gasteiger partial charge in [-0.15, -0.1) is 13.0 Å². The van der Waals surface area contributed by atoms with Crippen LogP contribution in [0.3, 0.4) is 0 Å². The Bertz CT molecular complexity index is 1290. The Hall–Kier alpha value is -4.04. The number of nitrogens with zero attached hydrogens (tertiary/aromatic N) is 2. The molecule has 2 heterocycles. The predicted octanol–water partition coefficient (Wildman–Crippen LogP) is 1.91. The number of ether oxygens (including phenoxy) is 2. The van der Waals surface area contributed by atoms with Crippen LogP contribution in [0.5, 0.6) is 0 Å². The van der Waals surface area contributed by atoms with Gasteiger partial charge in [0.15, 0.2) is 0 Å². The Morgan fingerprint density at radius 2 is 2.03 bits per heavy atom. The van der Waals surface area contributed by atoms with E-state index in [1.807, 2.05) is 0 Å². The average molecular weight is 508 g/mol. The average Bonchev–Trinajstić information content (AvgIpc) is 3.25. The van der Waals surface area contributed by atoms with Crippen molar-refractivity contribution >= 4 is 29.2 Å². The molecule has 4 rings (SSSR count). The van der Waals surface area contributed by atoms with Crippen LogP contribution >= 0.6 is 0 Å². The Kier molecular flexibility index (Phi) is 7.14. The second kappa shape index (κ2) is 10.1. The lowest BCUT2D eigenvalue weighted by atomic mass is 9.82. The van der Waals surface area contributed by atoms with E-state index in [0.29, 0.717) is 23.5 Å². The number of likely N-dealkylation sites (tertiary alicyclic amines) is 1. The van der Waals surface area contributed by atoms with E-state index in [9.17, 15) is 14.4 Å². The fraction of sp³-hybridized carbons (Fsp3) is 0.296. The molecule has 10 heteroatoms. The molecule has 2 aliphatic rings. The van der Waals surface area contributed by atoms with Crippen molar-refractivity contribution in [3.63, 3.8) is 0 Å². The summed E-state index contributed by atoms with van der Waals surface area (Å²) >= 11 is 0. The van der Waals surface area contributed by atoms with Crippen LogP contribution in [0.25, 0.3) is 0 Å². The number of nitrogens with two attached hydrogens (primary N) is 2. The predicted molar refractivity (Wildman–Crippen MR) is 136 cm³/mol. The van der Waals surface area contributed by atoms with E-state index >= 15 is 4.39 Å². The third-order valence-corrected chi connectivity index (χ3v) is 7.06. The zero-order chi connectivity index (χ0) is 26.8. The molecule has 2 aliphatic heterocycles. The highest BCUT2D eigenvalue weighted by atomic mass is 19.1. The maximum atomic E-state index is 16.0. The van der Waals surface area contributed by atoms with E-state index < -0.39 is 33.9 Å². The summed E-state index contributed by atoms with van der Waals surface area (Å²) in [6.45, 7) is 4.13. The number of halogens is 1. The number of morpholine rings is 1. The number of amides is 4. The summed E-state index contributed by atoms with van der Waals surface area (Å²) in [5, 5.41) is 0. The molecule has 4 amide bonds. The van der Waals surface area contributed by atoms with E-state index in [0.717, 1.165) is 6.07 Å². The first-order valence-electron chi connectivity index (χ1n) is 11.7. The van der Waals surface area contributed by atoms with E-state index in [1.54, 1.807) is 24.3 Å². The van der Waals surface area contributed by atoms with Gasteiger partial charge in [0.2, 0.25) is 5.54 Å². The molecule has 4 N–H and O–H groups in total. The Balaban J connectivity index is 1.93. The topological polar surface area (TPSA) is 125 Å². The zero-order valence-corrected chi connectivity index (χ0v) is 20.2. The Morgan fingerprint density at radius 1 is 1.30 bits per heavy atom. The molecular formula is C27H28FN4O5+. The van der Waals surface area contributed by atoms with Crippen molar-refractivity contribution < 1.29 is 28.2 Å². The fourth-order valence-electron chi connectivity index (χ4n) is 5.41. The van der Waals surface area contributed by atoms with Crippen molar-refractivity contribution in [3.8, 4) is 12.3 Å². The summed E-state index contributed by atoms with van der Waals surface area (Å²) in [6.07, 6.45) is 6.20. The molecule has 1 unspecified atom stereocenters. The van der Waals surface area contributed by atoms with E-state index in [1.165, 1.54) is 23.1 Å². The Morgan fingerprint density at radius 3 is 2.59 bits per heavy atom. The van der Waals surface area contributed by atoms with Crippen molar-refractivity contribution in [1.29, 1.82) is 0 Å². The first-order chi connectivity index (χ1) is 17.7. The number of benzene rings is 2. The highest BCUT2D eigenvalue weighted by Gasteiger charge is 2.69. The summed E-state index contributed by atoms with van der Waals surface area (Å²) in [6, 6.07) is 9.48. The van der Waals surface area contributed by atoms with Gasteiger partial charge < -0.3 is 25.8 Å². The van der Waals surface area contributed by atoms with Crippen molar-refractivity contribution in [3.05, 3.63) is 72.1 Å². The van der Waals surface area contributed by atoms with Gasteiger partial charge in [0.05, 0.1) is 18.8 Å². The van der Waals surface area contributed by atoms with Gasteiger partial charge in [-0.3, -0.25) is 9.59 Å². The molecule has 192 valence electrons. The van der Waals surface area contributed by atoms with Crippen LogP contribution in [-0.4, -0.2) is 56.9 Å². The first kappa shape index (κ1) is 26.0. The largest absolute Gasteiger partial charge is 0.420 e. The number of hydrogen-bond donors (Lipinski definition) is 2. The van der Waals surface area contributed by atoms with Crippen LogP contribution in [-0.2, 0) is 24.6 Å². The van der Waals surface area contributed by atoms with Gasteiger partial charge in [0, 0.05) is 36.3 Å². The number of anilines is 1. The lowest BCUT2D eigenvalue weighted by Gasteiger charge is -2.43. The van der Waals surface area contributed by atoms with Crippen molar-refractivity contribution in [2.45, 2.75) is 18.1 Å². The van der Waals surface area contributed by atoms with Gasteiger partial charge in [0.25, 0.3) is 11.8 Å². The maximum Gasteiger partial charge on any atom is 0.420 e. The third-order valence-electron chi connectivity index (χ3n) is 7.06. The van der Waals surface area contributed by atoms with Gasteiger partial charge in [-0.25, -0.2) is 9.18 Å². The molecule has 0 saturated carbocycles. The zero-order valence-electron chi connectivity index (χ0n) is 20.2. The summed E-state index contributed by atoms with van der Waals surface area (Å²) in [7, 11) is 0. The molecule has 2 saturated heterocycles. The number of rotatable bonds is 7. The van der Waals surface area contributed by atoms with Gasteiger partial charge in [-0.1, -0.05) is 12.0 Å². The molecule has 0 bridgehead atoms. The molecule has 0 aromatic heterocycles. The van der Waals surface area contributed by atoms with Crippen LogP contribution in [0, 0.1) is 18.2 Å². The number of quaternary nitrogens is 1. The van der Waals surface area contributed by atoms with Crippen LogP contribution in [0.4, 0.5) is 20.6 Å². The van der Waals surface area contributed by atoms with Gasteiger partial charge in [0.1, 0.15) is 30.8 Å². The van der Waals surface area contributed by atoms with E-state index in [4.69, 9.17) is 27.4 Å². The lowest BCUT2D eigenvalue weighted by molar-refractivity contribution is -0.128. The summed E-state index contributed by atoms with van der Waals surface area (Å²) < 4.78 is 26.2. The number of carbonyl (C=O) groups excluding carboxylic acids is 3. The van der Waals surface area contributed by atoms with Crippen molar-refractivity contribution in [2.75, 3.05) is 37.8 Å². The number of carbonyl (C=O) groups is 3. The molecule has 2 aromatic rings. The van der Waals surface area contributed by atoms with E-state index in [-0.39, 0.29) is 44.2 Å². The minimum atomic E-state index is -1.95. The smallest absolute Gasteiger partial charge is 0.370 e. The molecule has 2 aromatic carbocycles. The van der Waals surface area contributed by atoms with Crippen LogP contribution in [0.2, 0.25) is 0 Å². The normalized spacial score (nSPS) is 25.5. The number of hydrogen-bond acceptors (Lipinski definition) is 5. The van der Waals surface area contributed by atoms with Crippen LogP contribution in [0.1, 0.15) is 17.5 Å². The second-order valence-corrected chi connectivity index (χ2v) is 8.96. The van der Waals surface area contributed by atoms with Gasteiger partial charge >= 0.3 is 6.03 Å². The SMILES string of the molecule is C#Cc1ccc([N+]2(C(N)=O)C[C@H](OCC=C)C[C@]2(C(N)=O)c2ccc(N3CCOCC3=O)cc2F)cc1. The fourth-order valence-corrected chi connectivity index (χ4v) is 5.41. The van der Waals surface area contributed by atoms with Crippen LogP contribution < -0.4 is 20.9 Å². The molecule has 0 aliphatic carbocycles. The number of terminal acetylenes is 1. The van der Waals surface area contributed by atoms with Crippen molar-refractivity contribution in [2.24, 2.45) is 11.5 Å². The van der Waals surface area contributed by atoms with Crippen LogP contribution in [0.15, 0.2) is 55.1 Å². The highest BCUT2D eigenvalue weighted by molar-refractivity contribution is 6.00. The molecule has 9 nitrogen and oxygen atoms in total. The molecular weight excluding hydrogens is 479 g/mol. The number of urea groups is 1. The quantitative estimate of drug-likeness (QED) is 0.337. The summed E-state index contributed by atoms with van der Waals surface area (Å²) in [5.74, 6) is 0.407. The lowest BCUT2D eigenvalue weighted by Crippen LogP contribution is -2.70. The first-order valence-corrected chi connectivity index (χ1v) is 11.7. The molecule has 3 atom stereocenters. The number of primary amides is 2. The summed E-state index contributed by atoms with van der Waals surface area (Å²) in [5.41, 5.74) is 11.1. The van der Waals surface area contributed by atoms with E-state index in [2.05, 4.69) is 12.5 Å². The molecule has 37 heavy (non-hydrogen) atoms. The minimum absolute atomic E-state index is 0.0787. The minimum Gasteiger partial charge on any atom is -0.370 e. The molecule has 0 spiro atoms. The summed E-state index contributed by atoms with van der Waals surface area (Å²) in [4.78, 5) is 40.4. The standard InChI is InChI=1S/C27H27FN4O5/c1-3-12-37-21-15-27(25(29)34,32(16-21,26(30)35)20-8-5-18(4-2)6-9-20)22-10-7-19(14-23(22)28)31-11-13-36-17-24(31)33/h2-3,5-10,14,21H,1,11-13,15-17H2,(H3-,29,30,34,35)/p+1/t21-,27-,32?/m1/s1. The third kappa shape index (κ3) is 4.17. The maximum absolute atomic E-state index is 16.0. The monoisotopic (exact) mass is 507 g/mol. The Labute approximate surface area is 214 Å². The second-order valence-electron chi connectivity index (χ2n) is 8.96. The van der Waals surface area contributed by atoms with Gasteiger partial charge in [-0.2, -0.15) is 4.48 Å². The molecule has 0 radical (unpaired) electrons.